The summed E-state index contributed by atoms with van der Waals surface area (Å²) in [5, 5.41) is 12.7. The standard InChI is InChI=1S/C26H24ClFN4O5S/c27-18-11-15(19(28)12-21(18)31-25-30-20-4-1-2-5-22(20)37-25)10-16(33)14-36-23-6-3-9-32(23)26-29-13-17(38-26)7-8-24(34)35/h1-2,4-5,11-13,23H,3,6-10,14H2,(H,30,31)(H,34,35). The van der Waals surface area contributed by atoms with Crippen molar-refractivity contribution in [2.24, 2.45) is 0 Å². The average Bonchev–Trinajstić information content (AvgIpc) is 3.63. The van der Waals surface area contributed by atoms with E-state index >= 15 is 0 Å². The number of nitrogens with one attached hydrogen (secondary N) is 1. The van der Waals surface area contributed by atoms with E-state index in [2.05, 4.69) is 15.3 Å². The number of fused-ring (bicyclic) bond motifs is 1. The van der Waals surface area contributed by atoms with Gasteiger partial charge in [-0.2, -0.15) is 4.98 Å². The van der Waals surface area contributed by atoms with Crippen molar-refractivity contribution in [3.63, 3.8) is 0 Å². The molecule has 9 nitrogen and oxygen atoms in total. The van der Waals surface area contributed by atoms with Crippen LogP contribution < -0.4 is 10.2 Å². The Kier molecular flexibility index (Phi) is 7.87. The fourth-order valence-electron chi connectivity index (χ4n) is 4.22. The van der Waals surface area contributed by atoms with E-state index in [0.717, 1.165) is 29.4 Å². The lowest BCUT2D eigenvalue weighted by molar-refractivity contribution is -0.137. The summed E-state index contributed by atoms with van der Waals surface area (Å²) in [7, 11) is 0. The van der Waals surface area contributed by atoms with Crippen LogP contribution >= 0.6 is 22.9 Å². The molecule has 1 aliphatic heterocycles. The van der Waals surface area contributed by atoms with E-state index in [4.69, 9.17) is 25.9 Å². The molecule has 38 heavy (non-hydrogen) atoms. The first kappa shape index (κ1) is 26.1. The number of halogens is 2. The van der Waals surface area contributed by atoms with Crippen LogP contribution in [0.15, 0.2) is 47.0 Å². The number of nitrogens with zero attached hydrogens (tertiary/aromatic N) is 3. The van der Waals surface area contributed by atoms with Gasteiger partial charge in [-0.1, -0.05) is 23.7 Å². The van der Waals surface area contributed by atoms with Gasteiger partial charge >= 0.3 is 5.97 Å². The number of aryl methyl sites for hydroxylation is 1. The van der Waals surface area contributed by atoms with E-state index in [9.17, 15) is 14.0 Å². The van der Waals surface area contributed by atoms with E-state index in [1.54, 1.807) is 18.3 Å². The van der Waals surface area contributed by atoms with E-state index < -0.39 is 11.8 Å². The number of thiazole rings is 1. The van der Waals surface area contributed by atoms with Gasteiger partial charge in [0, 0.05) is 24.0 Å². The Morgan fingerprint density at radius 1 is 1.32 bits per heavy atom. The number of aliphatic carboxylic acids is 1. The number of para-hydroxylation sites is 2. The number of carbonyl (C=O) groups is 2. The topological polar surface area (TPSA) is 118 Å². The van der Waals surface area contributed by atoms with Crippen LogP contribution in [-0.2, 0) is 27.2 Å². The molecule has 198 valence electrons. The van der Waals surface area contributed by atoms with Gasteiger partial charge < -0.3 is 24.5 Å². The van der Waals surface area contributed by atoms with Crippen LogP contribution in [-0.4, -0.2) is 46.2 Å². The van der Waals surface area contributed by atoms with Crippen molar-refractivity contribution in [1.82, 2.24) is 9.97 Å². The quantitative estimate of drug-likeness (QED) is 0.243. The molecule has 4 aromatic rings. The number of hydrogen-bond donors (Lipinski definition) is 2. The van der Waals surface area contributed by atoms with Crippen LogP contribution in [0, 0.1) is 5.82 Å². The fourth-order valence-corrected chi connectivity index (χ4v) is 5.43. The molecule has 1 saturated heterocycles. The number of Topliss-reactive ketones (excluding diaryl/α,β-unsaturated/α-hetero) is 1. The van der Waals surface area contributed by atoms with Crippen LogP contribution in [0.1, 0.15) is 29.7 Å². The SMILES string of the molecule is O=C(O)CCc1cnc(N2CCCC2OCC(=O)Cc2cc(Cl)c(Nc3nc4ccccc4o3)cc2F)s1. The Bertz CT molecular complexity index is 1440. The van der Waals surface area contributed by atoms with Crippen molar-refractivity contribution in [2.45, 2.75) is 38.3 Å². The Hall–Kier alpha value is -3.54. The summed E-state index contributed by atoms with van der Waals surface area (Å²) in [5.74, 6) is -1.72. The minimum atomic E-state index is -0.854. The Balaban J connectivity index is 1.17. The molecule has 2 aromatic carbocycles. The number of aromatic nitrogens is 2. The third kappa shape index (κ3) is 6.12. The number of benzene rings is 2. The zero-order valence-corrected chi connectivity index (χ0v) is 21.7. The lowest BCUT2D eigenvalue weighted by Crippen LogP contribution is -2.33. The minimum Gasteiger partial charge on any atom is -0.481 e. The van der Waals surface area contributed by atoms with Crippen molar-refractivity contribution in [2.75, 3.05) is 23.4 Å². The van der Waals surface area contributed by atoms with E-state index in [1.165, 1.54) is 23.5 Å². The molecule has 0 saturated carbocycles. The number of hydrogen-bond acceptors (Lipinski definition) is 9. The molecule has 1 unspecified atom stereocenters. The summed E-state index contributed by atoms with van der Waals surface area (Å²) < 4.78 is 26.3. The van der Waals surface area contributed by atoms with Crippen LogP contribution in [0.3, 0.4) is 0 Å². The summed E-state index contributed by atoms with van der Waals surface area (Å²) in [6.07, 6.45) is 3.26. The van der Waals surface area contributed by atoms with Crippen LogP contribution in [0.2, 0.25) is 5.02 Å². The van der Waals surface area contributed by atoms with Gasteiger partial charge in [-0.15, -0.1) is 11.3 Å². The van der Waals surface area contributed by atoms with Crippen molar-refractivity contribution < 1.29 is 28.2 Å². The Morgan fingerprint density at radius 2 is 2.16 bits per heavy atom. The van der Waals surface area contributed by atoms with Gasteiger partial charge in [-0.25, -0.2) is 9.37 Å². The van der Waals surface area contributed by atoms with Gasteiger partial charge in [0.05, 0.1) is 17.1 Å². The number of anilines is 3. The van der Waals surface area contributed by atoms with E-state index in [0.29, 0.717) is 17.5 Å². The molecule has 3 heterocycles. The fraction of sp³-hybridized carbons (Fsp3) is 0.308. The predicted octanol–water partition coefficient (Wildman–Crippen LogP) is 5.59. The molecule has 2 N–H and O–H groups in total. The molecule has 0 radical (unpaired) electrons. The predicted molar refractivity (Wildman–Crippen MR) is 142 cm³/mol. The molecule has 5 rings (SSSR count). The van der Waals surface area contributed by atoms with Gasteiger partial charge in [0.1, 0.15) is 24.2 Å². The number of rotatable bonds is 11. The molecule has 0 spiro atoms. The number of ether oxygens (including phenoxy) is 1. The second kappa shape index (κ2) is 11.5. The maximum Gasteiger partial charge on any atom is 0.303 e. The number of carbonyl (C=O) groups excluding carboxylic acids is 1. The summed E-state index contributed by atoms with van der Waals surface area (Å²) in [6, 6.07) is 10.0. The molecular weight excluding hydrogens is 535 g/mol. The maximum absolute atomic E-state index is 14.8. The molecule has 1 aliphatic rings. The molecular formula is C26H24ClFN4O5S. The first-order valence-corrected chi connectivity index (χ1v) is 13.2. The first-order chi connectivity index (χ1) is 18.4. The van der Waals surface area contributed by atoms with Crippen molar-refractivity contribution >= 4 is 62.6 Å². The molecule has 0 aliphatic carbocycles. The highest BCUT2D eigenvalue weighted by Crippen LogP contribution is 2.32. The molecule has 0 bridgehead atoms. The third-order valence-electron chi connectivity index (χ3n) is 6.07. The summed E-state index contributed by atoms with van der Waals surface area (Å²) in [4.78, 5) is 35.0. The normalized spacial score (nSPS) is 15.3. The van der Waals surface area contributed by atoms with Gasteiger partial charge in [0.15, 0.2) is 16.5 Å². The van der Waals surface area contributed by atoms with Gasteiger partial charge in [-0.05, 0) is 49.1 Å². The summed E-state index contributed by atoms with van der Waals surface area (Å²) >= 11 is 7.78. The van der Waals surface area contributed by atoms with Gasteiger partial charge in [0.2, 0.25) is 0 Å². The average molecular weight is 559 g/mol. The highest BCUT2D eigenvalue weighted by molar-refractivity contribution is 7.15. The third-order valence-corrected chi connectivity index (χ3v) is 7.47. The lowest BCUT2D eigenvalue weighted by atomic mass is 10.1. The molecule has 0 amide bonds. The van der Waals surface area contributed by atoms with Crippen LogP contribution in [0.5, 0.6) is 0 Å². The zero-order valence-electron chi connectivity index (χ0n) is 20.2. The summed E-state index contributed by atoms with van der Waals surface area (Å²) in [6.45, 7) is 0.544. The van der Waals surface area contributed by atoms with Crippen molar-refractivity contribution in [1.29, 1.82) is 0 Å². The Labute approximate surface area is 226 Å². The van der Waals surface area contributed by atoms with Crippen LogP contribution in [0.4, 0.5) is 21.2 Å². The zero-order chi connectivity index (χ0) is 26.6. The number of oxazole rings is 1. The largest absolute Gasteiger partial charge is 0.481 e. The molecule has 1 fully saturated rings. The maximum atomic E-state index is 14.8. The number of carboxylic acids is 1. The molecule has 1 atom stereocenters. The summed E-state index contributed by atoms with van der Waals surface area (Å²) in [5.41, 5.74) is 1.68. The number of carboxylic acid groups (broad SMARTS) is 1. The van der Waals surface area contributed by atoms with Gasteiger partial charge in [-0.3, -0.25) is 9.59 Å². The first-order valence-electron chi connectivity index (χ1n) is 12.0. The lowest BCUT2D eigenvalue weighted by Gasteiger charge is -2.23. The second-order valence-corrected chi connectivity index (χ2v) is 10.4. The highest BCUT2D eigenvalue weighted by Gasteiger charge is 2.28. The smallest absolute Gasteiger partial charge is 0.303 e. The molecule has 12 heteroatoms. The highest BCUT2D eigenvalue weighted by atomic mass is 35.5. The monoisotopic (exact) mass is 558 g/mol. The van der Waals surface area contributed by atoms with Crippen molar-refractivity contribution in [3.8, 4) is 0 Å². The second-order valence-electron chi connectivity index (χ2n) is 8.85. The molecule has 2 aromatic heterocycles. The van der Waals surface area contributed by atoms with Crippen LogP contribution in [0.25, 0.3) is 11.1 Å². The Morgan fingerprint density at radius 3 is 2.97 bits per heavy atom. The van der Waals surface area contributed by atoms with E-state index in [1.807, 2.05) is 17.0 Å². The van der Waals surface area contributed by atoms with Gasteiger partial charge in [0.25, 0.3) is 6.01 Å². The van der Waals surface area contributed by atoms with E-state index in [-0.39, 0.29) is 53.7 Å². The van der Waals surface area contributed by atoms with Crippen molar-refractivity contribution in [3.05, 3.63) is 63.9 Å². The minimum absolute atomic E-state index is 0.0461. The number of ketones is 1.